The third-order valence-corrected chi connectivity index (χ3v) is 4.15. The Bertz CT molecular complexity index is 559. The van der Waals surface area contributed by atoms with Crippen molar-refractivity contribution in [3.8, 4) is 0 Å². The summed E-state index contributed by atoms with van der Waals surface area (Å²) in [6.45, 7) is 2.17. The van der Waals surface area contributed by atoms with E-state index in [2.05, 4.69) is 42.2 Å². The molecule has 0 fully saturated rings. The number of aliphatic hydroxyl groups is 1. The lowest BCUT2D eigenvalue weighted by atomic mass is 10.1. The Balaban J connectivity index is 2.51. The van der Waals surface area contributed by atoms with Gasteiger partial charge in [-0.15, -0.1) is 0 Å². The molecule has 1 aromatic heterocycles. The van der Waals surface area contributed by atoms with Crippen molar-refractivity contribution in [2.45, 2.75) is 19.6 Å². The maximum atomic E-state index is 9.36. The first-order valence-electron chi connectivity index (χ1n) is 6.38. The average Bonchev–Trinajstić information content (AvgIpc) is 2.45. The topological polar surface area (TPSA) is 36.4 Å². The van der Waals surface area contributed by atoms with E-state index in [4.69, 9.17) is 0 Å². The largest absolute Gasteiger partial charge is 0.390 e. The summed E-state index contributed by atoms with van der Waals surface area (Å²) in [4.78, 5) is 6.78. The fraction of sp³-hybridized carbons (Fsp3) is 0.400. The highest BCUT2D eigenvalue weighted by Gasteiger charge is 2.14. The van der Waals surface area contributed by atoms with E-state index in [0.717, 1.165) is 28.0 Å². The zero-order chi connectivity index (χ0) is 13.8. The number of benzene rings is 1. The van der Waals surface area contributed by atoms with Gasteiger partial charge in [0, 0.05) is 24.2 Å². The van der Waals surface area contributed by atoms with Gasteiger partial charge < -0.3 is 10.0 Å². The molecule has 0 aliphatic heterocycles. The lowest BCUT2D eigenvalue weighted by Gasteiger charge is -2.27. The van der Waals surface area contributed by atoms with Crippen molar-refractivity contribution in [1.82, 2.24) is 4.98 Å². The number of rotatable bonds is 5. The first-order valence-corrected chi connectivity index (χ1v) is 7.78. The van der Waals surface area contributed by atoms with Gasteiger partial charge in [0.15, 0.2) is 0 Å². The molecule has 3 nitrogen and oxygen atoms in total. The summed E-state index contributed by atoms with van der Waals surface area (Å²) in [5, 5.41) is 11.6. The van der Waals surface area contributed by atoms with Crippen LogP contribution in [-0.4, -0.2) is 35.2 Å². The Morgan fingerprint density at radius 2 is 2.11 bits per heavy atom. The molecule has 4 heteroatoms. The standard InChI is InChI=1S/C15H20N2OS/c1-11(10-19-3)17(2)15-14-7-5-4-6-12(14)8-13(9-18)16-15/h4-8,11,18H,9-10H2,1-3H3. The highest BCUT2D eigenvalue weighted by Crippen LogP contribution is 2.26. The molecule has 0 saturated carbocycles. The smallest absolute Gasteiger partial charge is 0.136 e. The Morgan fingerprint density at radius 3 is 2.79 bits per heavy atom. The molecule has 2 aromatic rings. The van der Waals surface area contributed by atoms with E-state index in [9.17, 15) is 5.11 Å². The van der Waals surface area contributed by atoms with Crippen LogP contribution in [0.2, 0.25) is 0 Å². The van der Waals surface area contributed by atoms with Gasteiger partial charge in [0.25, 0.3) is 0 Å². The van der Waals surface area contributed by atoms with E-state index in [1.165, 1.54) is 0 Å². The lowest BCUT2D eigenvalue weighted by molar-refractivity contribution is 0.277. The number of pyridine rings is 1. The molecule has 0 saturated heterocycles. The van der Waals surface area contributed by atoms with Crippen molar-refractivity contribution >= 4 is 28.4 Å². The molecule has 102 valence electrons. The molecule has 0 bridgehead atoms. The molecule has 1 aromatic carbocycles. The summed E-state index contributed by atoms with van der Waals surface area (Å²) in [6, 6.07) is 10.5. The van der Waals surface area contributed by atoms with Crippen LogP contribution in [0.1, 0.15) is 12.6 Å². The number of hydrogen-bond donors (Lipinski definition) is 1. The van der Waals surface area contributed by atoms with Crippen molar-refractivity contribution in [1.29, 1.82) is 0 Å². The zero-order valence-electron chi connectivity index (χ0n) is 11.6. The minimum absolute atomic E-state index is 0.0252. The summed E-state index contributed by atoms with van der Waals surface area (Å²) in [6.07, 6.45) is 2.11. The summed E-state index contributed by atoms with van der Waals surface area (Å²) in [5.74, 6) is 2.00. The third-order valence-electron chi connectivity index (χ3n) is 3.34. The molecule has 1 N–H and O–H groups in total. The quantitative estimate of drug-likeness (QED) is 0.911. The van der Waals surface area contributed by atoms with E-state index >= 15 is 0 Å². The van der Waals surface area contributed by atoms with Gasteiger partial charge in [-0.3, -0.25) is 0 Å². The minimum Gasteiger partial charge on any atom is -0.390 e. The molecule has 1 unspecified atom stereocenters. The van der Waals surface area contributed by atoms with Crippen LogP contribution in [-0.2, 0) is 6.61 Å². The molecule has 1 heterocycles. The first kappa shape index (κ1) is 14.2. The SMILES string of the molecule is CSCC(C)N(C)c1nc(CO)cc2ccccc12. The van der Waals surface area contributed by atoms with Crippen molar-refractivity contribution in [2.24, 2.45) is 0 Å². The zero-order valence-corrected chi connectivity index (χ0v) is 12.4. The van der Waals surface area contributed by atoms with Crippen LogP contribution in [0.25, 0.3) is 10.8 Å². The summed E-state index contributed by atoms with van der Waals surface area (Å²) in [7, 11) is 2.07. The Kier molecular flexibility index (Phi) is 4.66. The van der Waals surface area contributed by atoms with E-state index in [-0.39, 0.29) is 6.61 Å². The van der Waals surface area contributed by atoms with Crippen molar-refractivity contribution in [2.75, 3.05) is 24.0 Å². The van der Waals surface area contributed by atoms with Crippen LogP contribution in [0, 0.1) is 0 Å². The number of nitrogens with zero attached hydrogens (tertiary/aromatic N) is 2. The van der Waals surface area contributed by atoms with Gasteiger partial charge in [-0.1, -0.05) is 24.3 Å². The maximum Gasteiger partial charge on any atom is 0.136 e. The van der Waals surface area contributed by atoms with Crippen molar-refractivity contribution < 1.29 is 5.11 Å². The van der Waals surface area contributed by atoms with E-state index < -0.39 is 0 Å². The highest BCUT2D eigenvalue weighted by molar-refractivity contribution is 7.98. The second-order valence-electron chi connectivity index (χ2n) is 4.73. The normalized spacial score (nSPS) is 12.6. The van der Waals surface area contributed by atoms with E-state index in [0.29, 0.717) is 6.04 Å². The van der Waals surface area contributed by atoms with Gasteiger partial charge >= 0.3 is 0 Å². The van der Waals surface area contributed by atoms with Gasteiger partial charge in [-0.25, -0.2) is 4.98 Å². The minimum atomic E-state index is -0.0252. The molecular formula is C15H20N2OS. The fourth-order valence-electron chi connectivity index (χ4n) is 2.15. The van der Waals surface area contributed by atoms with Crippen LogP contribution in [0.4, 0.5) is 5.82 Å². The number of thioether (sulfide) groups is 1. The first-order chi connectivity index (χ1) is 9.17. The predicted octanol–water partition coefficient (Wildman–Crippen LogP) is 2.91. The van der Waals surface area contributed by atoms with Gasteiger partial charge in [-0.05, 0) is 24.6 Å². The molecule has 0 spiro atoms. The van der Waals surface area contributed by atoms with Crippen molar-refractivity contribution in [3.05, 3.63) is 36.0 Å². The molecule has 0 aliphatic rings. The molecule has 19 heavy (non-hydrogen) atoms. The molecule has 1 atom stereocenters. The van der Waals surface area contributed by atoms with Crippen LogP contribution < -0.4 is 4.90 Å². The molecule has 0 amide bonds. The Labute approximate surface area is 118 Å². The molecule has 0 aliphatic carbocycles. The van der Waals surface area contributed by atoms with Crippen LogP contribution in [0.3, 0.4) is 0 Å². The number of hydrogen-bond acceptors (Lipinski definition) is 4. The van der Waals surface area contributed by atoms with Gasteiger partial charge in [0.2, 0.25) is 0 Å². The number of aromatic nitrogens is 1. The van der Waals surface area contributed by atoms with Crippen LogP contribution in [0.5, 0.6) is 0 Å². The van der Waals surface area contributed by atoms with E-state index in [1.807, 2.05) is 30.0 Å². The number of fused-ring (bicyclic) bond motifs is 1. The molecule has 2 rings (SSSR count). The third kappa shape index (κ3) is 3.01. The predicted molar refractivity (Wildman–Crippen MR) is 83.9 cm³/mol. The summed E-state index contributed by atoms with van der Waals surface area (Å²) in [5.41, 5.74) is 0.719. The Morgan fingerprint density at radius 1 is 1.37 bits per heavy atom. The molecular weight excluding hydrogens is 256 g/mol. The number of aliphatic hydroxyl groups excluding tert-OH is 1. The Hall–Kier alpha value is -1.26. The lowest BCUT2D eigenvalue weighted by Crippen LogP contribution is -2.31. The highest BCUT2D eigenvalue weighted by atomic mass is 32.2. The van der Waals surface area contributed by atoms with Crippen LogP contribution in [0.15, 0.2) is 30.3 Å². The van der Waals surface area contributed by atoms with E-state index in [1.54, 1.807) is 0 Å². The van der Waals surface area contributed by atoms with Crippen LogP contribution >= 0.6 is 11.8 Å². The van der Waals surface area contributed by atoms with Gasteiger partial charge in [0.05, 0.1) is 12.3 Å². The fourth-order valence-corrected chi connectivity index (χ4v) is 2.85. The average molecular weight is 276 g/mol. The second kappa shape index (κ2) is 6.26. The monoisotopic (exact) mass is 276 g/mol. The second-order valence-corrected chi connectivity index (χ2v) is 5.64. The van der Waals surface area contributed by atoms with Crippen molar-refractivity contribution in [3.63, 3.8) is 0 Å². The number of anilines is 1. The van der Waals surface area contributed by atoms with Gasteiger partial charge in [0.1, 0.15) is 5.82 Å². The summed E-state index contributed by atoms with van der Waals surface area (Å²) >= 11 is 1.83. The summed E-state index contributed by atoms with van der Waals surface area (Å²) < 4.78 is 0. The molecule has 0 radical (unpaired) electrons. The van der Waals surface area contributed by atoms with Gasteiger partial charge in [-0.2, -0.15) is 11.8 Å². The maximum absolute atomic E-state index is 9.36.